The van der Waals surface area contributed by atoms with Gasteiger partial charge >= 0.3 is 0 Å². The van der Waals surface area contributed by atoms with E-state index in [9.17, 15) is 4.79 Å². The molecule has 96 valence electrons. The van der Waals surface area contributed by atoms with Gasteiger partial charge in [0.15, 0.2) is 5.78 Å². The van der Waals surface area contributed by atoms with E-state index in [4.69, 9.17) is 21.1 Å². The summed E-state index contributed by atoms with van der Waals surface area (Å²) in [5.41, 5.74) is 0.581. The molecule has 1 aliphatic heterocycles. The van der Waals surface area contributed by atoms with Crippen LogP contribution in [0.15, 0.2) is 42.5 Å². The summed E-state index contributed by atoms with van der Waals surface area (Å²) in [7, 11) is 0. The van der Waals surface area contributed by atoms with Crippen molar-refractivity contribution in [3.63, 3.8) is 0 Å². The molecule has 0 aliphatic carbocycles. The molecule has 2 aromatic carbocycles. The van der Waals surface area contributed by atoms with Gasteiger partial charge in [-0.05, 0) is 42.5 Å². The maximum Gasteiger partial charge on any atom is 0.170 e. The molecule has 1 heterocycles. The highest BCUT2D eigenvalue weighted by atomic mass is 35.5. The van der Waals surface area contributed by atoms with Gasteiger partial charge in [-0.1, -0.05) is 11.6 Å². The van der Waals surface area contributed by atoms with Crippen LogP contribution in [-0.2, 0) is 0 Å². The van der Waals surface area contributed by atoms with Crippen LogP contribution >= 0.6 is 11.6 Å². The number of carbonyl (C=O) groups excluding carboxylic acids is 1. The van der Waals surface area contributed by atoms with Crippen molar-refractivity contribution in [2.24, 2.45) is 0 Å². The molecular weight excluding hydrogens is 264 g/mol. The average Bonchev–Trinajstić information content (AvgIpc) is 2.42. The summed E-state index contributed by atoms with van der Waals surface area (Å²) in [4.78, 5) is 11.8. The van der Waals surface area contributed by atoms with E-state index >= 15 is 0 Å². The molecule has 3 rings (SSSR count). The first-order valence-electron chi connectivity index (χ1n) is 5.96. The van der Waals surface area contributed by atoms with E-state index in [1.54, 1.807) is 42.5 Å². The summed E-state index contributed by atoms with van der Waals surface area (Å²) in [5.74, 6) is 2.00. The smallest absolute Gasteiger partial charge is 0.170 e. The Kier molecular flexibility index (Phi) is 3.13. The molecule has 3 nitrogen and oxygen atoms in total. The summed E-state index contributed by atoms with van der Waals surface area (Å²) >= 11 is 5.81. The fourth-order valence-corrected chi connectivity index (χ4v) is 2.07. The van der Waals surface area contributed by atoms with Crippen LogP contribution in [0.4, 0.5) is 0 Å². The number of ether oxygens (including phenoxy) is 2. The van der Waals surface area contributed by atoms with Crippen molar-refractivity contribution in [2.75, 3.05) is 6.61 Å². The van der Waals surface area contributed by atoms with Crippen molar-refractivity contribution in [3.05, 3.63) is 53.1 Å². The molecule has 0 N–H and O–H groups in total. The number of hydrogen-bond donors (Lipinski definition) is 0. The van der Waals surface area contributed by atoms with Crippen molar-refractivity contribution < 1.29 is 14.3 Å². The number of ketones is 1. The Morgan fingerprint density at radius 3 is 2.58 bits per heavy atom. The maximum absolute atomic E-state index is 11.8. The minimum atomic E-state index is 0.0859. The summed E-state index contributed by atoms with van der Waals surface area (Å²) in [6.07, 6.45) is 0.414. The Bertz CT molecular complexity index is 620. The van der Waals surface area contributed by atoms with Gasteiger partial charge in [-0.3, -0.25) is 4.79 Å². The quantitative estimate of drug-likeness (QED) is 0.827. The van der Waals surface area contributed by atoms with Gasteiger partial charge in [0, 0.05) is 11.4 Å². The summed E-state index contributed by atoms with van der Waals surface area (Å²) in [6.45, 7) is 0.448. The minimum Gasteiger partial charge on any atom is -0.492 e. The zero-order valence-corrected chi connectivity index (χ0v) is 10.8. The van der Waals surface area contributed by atoms with Crippen molar-refractivity contribution in [1.29, 1.82) is 0 Å². The number of benzene rings is 2. The van der Waals surface area contributed by atoms with E-state index in [0.29, 0.717) is 40.9 Å². The third-order valence-corrected chi connectivity index (χ3v) is 3.14. The van der Waals surface area contributed by atoms with Crippen LogP contribution < -0.4 is 9.47 Å². The highest BCUT2D eigenvalue weighted by Crippen LogP contribution is 2.31. The number of rotatable bonds is 2. The molecule has 0 atom stereocenters. The Morgan fingerprint density at radius 1 is 1.05 bits per heavy atom. The second-order valence-electron chi connectivity index (χ2n) is 4.24. The van der Waals surface area contributed by atoms with Gasteiger partial charge in [0.2, 0.25) is 0 Å². The molecular formula is C15H11ClO3. The fourth-order valence-electron chi connectivity index (χ4n) is 1.94. The normalized spacial score (nSPS) is 13.6. The molecule has 0 aromatic heterocycles. The van der Waals surface area contributed by atoms with E-state index in [0.717, 1.165) is 0 Å². The summed E-state index contributed by atoms with van der Waals surface area (Å²) in [6, 6.07) is 12.3. The van der Waals surface area contributed by atoms with Crippen LogP contribution in [0.1, 0.15) is 16.8 Å². The lowest BCUT2D eigenvalue weighted by atomic mass is 10.0. The summed E-state index contributed by atoms with van der Waals surface area (Å²) < 4.78 is 11.1. The van der Waals surface area contributed by atoms with E-state index in [1.165, 1.54) is 0 Å². The van der Waals surface area contributed by atoms with Crippen LogP contribution in [0.3, 0.4) is 0 Å². The van der Waals surface area contributed by atoms with Crippen LogP contribution in [0.2, 0.25) is 5.02 Å². The van der Waals surface area contributed by atoms with E-state index in [2.05, 4.69) is 0 Å². The van der Waals surface area contributed by atoms with E-state index in [1.807, 2.05) is 0 Å². The van der Waals surface area contributed by atoms with Gasteiger partial charge < -0.3 is 9.47 Å². The zero-order valence-electron chi connectivity index (χ0n) is 10.1. The third kappa shape index (κ3) is 2.56. The Balaban J connectivity index is 1.88. The van der Waals surface area contributed by atoms with Crippen LogP contribution in [0.25, 0.3) is 0 Å². The molecule has 0 saturated carbocycles. The molecule has 0 amide bonds. The molecule has 4 heteroatoms. The second-order valence-corrected chi connectivity index (χ2v) is 4.67. The van der Waals surface area contributed by atoms with Crippen LogP contribution in [0.5, 0.6) is 17.2 Å². The SMILES string of the molecule is O=C1CCOc2ccc(Oc3ccc(Cl)cc3)cc21. The number of halogens is 1. The van der Waals surface area contributed by atoms with Gasteiger partial charge in [-0.2, -0.15) is 0 Å². The number of Topliss-reactive ketones (excluding diaryl/α,β-unsaturated/α-hetero) is 1. The maximum atomic E-state index is 11.8. The van der Waals surface area contributed by atoms with E-state index < -0.39 is 0 Å². The molecule has 0 radical (unpaired) electrons. The number of carbonyl (C=O) groups is 1. The lowest BCUT2D eigenvalue weighted by molar-refractivity contribution is 0.0933. The van der Waals surface area contributed by atoms with Gasteiger partial charge in [0.1, 0.15) is 17.2 Å². The molecule has 0 bridgehead atoms. The first kappa shape index (κ1) is 12.1. The third-order valence-electron chi connectivity index (χ3n) is 2.89. The van der Waals surface area contributed by atoms with Gasteiger partial charge in [0.25, 0.3) is 0 Å². The fraction of sp³-hybridized carbons (Fsp3) is 0.133. The summed E-state index contributed by atoms with van der Waals surface area (Å²) in [5, 5.41) is 0.654. The van der Waals surface area contributed by atoms with E-state index in [-0.39, 0.29) is 5.78 Å². The van der Waals surface area contributed by atoms with Crippen LogP contribution in [-0.4, -0.2) is 12.4 Å². The zero-order chi connectivity index (χ0) is 13.2. The molecule has 1 aliphatic rings. The van der Waals surface area contributed by atoms with Crippen molar-refractivity contribution in [2.45, 2.75) is 6.42 Å². The predicted octanol–water partition coefficient (Wildman–Crippen LogP) is 4.10. The Hall–Kier alpha value is -2.00. The van der Waals surface area contributed by atoms with Crippen LogP contribution in [0, 0.1) is 0 Å². The second kappa shape index (κ2) is 4.94. The highest BCUT2D eigenvalue weighted by molar-refractivity contribution is 6.30. The van der Waals surface area contributed by atoms with Gasteiger partial charge in [-0.25, -0.2) is 0 Å². The highest BCUT2D eigenvalue weighted by Gasteiger charge is 2.19. The lowest BCUT2D eigenvalue weighted by Gasteiger charge is -2.17. The first-order chi connectivity index (χ1) is 9.22. The molecule has 0 spiro atoms. The molecule has 0 unspecified atom stereocenters. The molecule has 19 heavy (non-hydrogen) atoms. The average molecular weight is 275 g/mol. The number of fused-ring (bicyclic) bond motifs is 1. The Labute approximate surface area is 115 Å². The monoisotopic (exact) mass is 274 g/mol. The molecule has 0 fully saturated rings. The topological polar surface area (TPSA) is 35.5 Å². The lowest BCUT2D eigenvalue weighted by Crippen LogP contribution is -2.15. The van der Waals surface area contributed by atoms with Gasteiger partial charge in [0.05, 0.1) is 12.2 Å². The first-order valence-corrected chi connectivity index (χ1v) is 6.34. The van der Waals surface area contributed by atoms with Gasteiger partial charge in [-0.15, -0.1) is 0 Å². The minimum absolute atomic E-state index is 0.0859. The Morgan fingerprint density at radius 2 is 1.79 bits per heavy atom. The van der Waals surface area contributed by atoms with Crippen molar-refractivity contribution in [3.8, 4) is 17.2 Å². The standard InChI is InChI=1S/C15H11ClO3/c16-10-1-3-11(4-2-10)19-12-5-6-15-13(9-12)14(17)7-8-18-15/h1-6,9H,7-8H2. The predicted molar refractivity (Wildman–Crippen MR) is 72.4 cm³/mol. The van der Waals surface area contributed by atoms with Crippen molar-refractivity contribution in [1.82, 2.24) is 0 Å². The largest absolute Gasteiger partial charge is 0.492 e. The van der Waals surface area contributed by atoms with Crippen molar-refractivity contribution >= 4 is 17.4 Å². The molecule has 2 aromatic rings. The number of hydrogen-bond acceptors (Lipinski definition) is 3. The molecule has 0 saturated heterocycles.